The average molecular weight is 377 g/mol. The van der Waals surface area contributed by atoms with Gasteiger partial charge in [0.2, 0.25) is 0 Å². The second kappa shape index (κ2) is 9.22. The van der Waals surface area contributed by atoms with Crippen molar-refractivity contribution in [2.45, 2.75) is 64.6 Å². The maximum Gasteiger partial charge on any atom is 0.410 e. The van der Waals surface area contributed by atoms with Gasteiger partial charge >= 0.3 is 12.1 Å². The summed E-state index contributed by atoms with van der Waals surface area (Å²) in [6.07, 6.45) is 3.80. The minimum absolute atomic E-state index is 0.00787. The molecule has 0 radical (unpaired) electrons. The Kier molecular flexibility index (Phi) is 7.25. The zero-order valence-electron chi connectivity index (χ0n) is 16.7. The number of carbonyl (C=O) groups excluding carboxylic acids is 2. The maximum atomic E-state index is 12.2. The van der Waals surface area contributed by atoms with Crippen molar-refractivity contribution in [1.29, 1.82) is 0 Å². The van der Waals surface area contributed by atoms with Crippen molar-refractivity contribution in [3.63, 3.8) is 0 Å². The zero-order chi connectivity index (χ0) is 20.0. The van der Waals surface area contributed by atoms with E-state index in [1.54, 1.807) is 52.1 Å². The van der Waals surface area contributed by atoms with Gasteiger partial charge < -0.3 is 19.5 Å². The number of likely N-dealkylation sites (N-methyl/N-ethyl adjacent to an activating group) is 1. The molecule has 1 N–H and O–H groups in total. The summed E-state index contributed by atoms with van der Waals surface area (Å²) in [5, 5.41) is 10.4. The van der Waals surface area contributed by atoms with Gasteiger partial charge in [-0.25, -0.2) is 4.79 Å². The van der Waals surface area contributed by atoms with E-state index in [1.807, 2.05) is 0 Å². The summed E-state index contributed by atoms with van der Waals surface area (Å²) in [5.74, 6) is 0.293. The minimum Gasteiger partial charge on any atom is -0.444 e. The van der Waals surface area contributed by atoms with Crippen molar-refractivity contribution < 1.29 is 24.2 Å². The summed E-state index contributed by atoms with van der Waals surface area (Å²) < 4.78 is 10.7. The Morgan fingerprint density at radius 3 is 2.30 bits per heavy atom. The molecule has 1 aromatic rings. The molecule has 2 rings (SSSR count). The predicted octanol–water partition coefficient (Wildman–Crippen LogP) is 4.07. The standard InChI is InChI=1S/C21H31NO5/c1-21(2,3)27-20(25)22(4)14-18(23)15-10-12-17(13-11-15)26-19(24)16-8-6-5-7-9-16/h10-13,16,18,23H,5-9,14H2,1-4H3. The Morgan fingerprint density at radius 2 is 1.74 bits per heavy atom. The summed E-state index contributed by atoms with van der Waals surface area (Å²) in [4.78, 5) is 25.5. The van der Waals surface area contributed by atoms with Gasteiger partial charge in [0.15, 0.2) is 0 Å². The van der Waals surface area contributed by atoms with Crippen LogP contribution in [0.4, 0.5) is 4.79 Å². The van der Waals surface area contributed by atoms with Crippen molar-refractivity contribution >= 4 is 12.1 Å². The molecule has 0 aromatic heterocycles. The smallest absolute Gasteiger partial charge is 0.410 e. The van der Waals surface area contributed by atoms with Gasteiger partial charge in [0, 0.05) is 7.05 Å². The molecular weight excluding hydrogens is 346 g/mol. The molecule has 0 spiro atoms. The number of amides is 1. The highest BCUT2D eigenvalue weighted by Crippen LogP contribution is 2.26. The average Bonchev–Trinajstić information content (AvgIpc) is 2.61. The second-order valence-electron chi connectivity index (χ2n) is 8.20. The van der Waals surface area contributed by atoms with Gasteiger partial charge in [-0.3, -0.25) is 4.79 Å². The number of aliphatic hydroxyl groups excluding tert-OH is 1. The molecule has 0 bridgehead atoms. The number of benzene rings is 1. The normalized spacial score (nSPS) is 16.5. The molecule has 1 aliphatic rings. The number of aliphatic hydroxyl groups is 1. The van der Waals surface area contributed by atoms with Crippen molar-refractivity contribution in [2.24, 2.45) is 5.92 Å². The molecule has 6 heteroatoms. The van der Waals surface area contributed by atoms with Crippen LogP contribution in [0, 0.1) is 5.92 Å². The summed E-state index contributed by atoms with van der Waals surface area (Å²) in [5.41, 5.74) is 0.0584. The molecule has 1 aromatic carbocycles. The van der Waals surface area contributed by atoms with E-state index in [-0.39, 0.29) is 18.4 Å². The number of carbonyl (C=O) groups is 2. The van der Waals surface area contributed by atoms with E-state index in [0.29, 0.717) is 11.3 Å². The summed E-state index contributed by atoms with van der Waals surface area (Å²) >= 11 is 0. The van der Waals surface area contributed by atoms with Gasteiger partial charge in [0.1, 0.15) is 11.4 Å². The van der Waals surface area contributed by atoms with Crippen LogP contribution in [0.2, 0.25) is 0 Å². The first kappa shape index (κ1) is 21.2. The molecular formula is C21H31NO5. The lowest BCUT2D eigenvalue weighted by Crippen LogP contribution is -2.36. The molecule has 1 fully saturated rings. The third kappa shape index (κ3) is 6.86. The lowest BCUT2D eigenvalue weighted by atomic mass is 9.89. The molecule has 27 heavy (non-hydrogen) atoms. The molecule has 1 saturated carbocycles. The van der Waals surface area contributed by atoms with Gasteiger partial charge in [-0.15, -0.1) is 0 Å². The van der Waals surface area contributed by atoms with E-state index in [1.165, 1.54) is 11.3 Å². The maximum absolute atomic E-state index is 12.2. The van der Waals surface area contributed by atoms with E-state index >= 15 is 0 Å². The summed E-state index contributed by atoms with van der Waals surface area (Å²) in [6.45, 7) is 5.49. The highest BCUT2D eigenvalue weighted by molar-refractivity contribution is 5.75. The fraction of sp³-hybridized carbons (Fsp3) is 0.619. The van der Waals surface area contributed by atoms with Crippen LogP contribution < -0.4 is 4.74 Å². The molecule has 1 unspecified atom stereocenters. The fourth-order valence-corrected chi connectivity index (χ4v) is 3.07. The van der Waals surface area contributed by atoms with Gasteiger partial charge in [-0.2, -0.15) is 0 Å². The first-order valence-electron chi connectivity index (χ1n) is 9.59. The van der Waals surface area contributed by atoms with E-state index in [9.17, 15) is 14.7 Å². The van der Waals surface area contributed by atoms with Crippen LogP contribution in [0.1, 0.15) is 64.5 Å². The van der Waals surface area contributed by atoms with Gasteiger partial charge in [0.05, 0.1) is 18.6 Å². The minimum atomic E-state index is -0.856. The van der Waals surface area contributed by atoms with Crippen LogP contribution in [-0.4, -0.2) is 41.3 Å². The Morgan fingerprint density at radius 1 is 1.15 bits per heavy atom. The lowest BCUT2D eigenvalue weighted by molar-refractivity contribution is -0.139. The van der Waals surface area contributed by atoms with E-state index in [0.717, 1.165) is 25.7 Å². The number of esters is 1. The Bertz CT molecular complexity index is 629. The summed E-state index contributed by atoms with van der Waals surface area (Å²) in [6, 6.07) is 6.76. The largest absolute Gasteiger partial charge is 0.444 e. The van der Waals surface area contributed by atoms with Crippen molar-refractivity contribution in [3.8, 4) is 5.75 Å². The topological polar surface area (TPSA) is 76.1 Å². The third-order valence-electron chi connectivity index (χ3n) is 4.57. The Labute approximate surface area is 161 Å². The van der Waals surface area contributed by atoms with Crippen LogP contribution in [-0.2, 0) is 9.53 Å². The van der Waals surface area contributed by atoms with Gasteiger partial charge in [0.25, 0.3) is 0 Å². The number of hydrogen-bond acceptors (Lipinski definition) is 5. The Hall–Kier alpha value is -2.08. The molecule has 1 aliphatic carbocycles. The number of rotatable bonds is 5. The van der Waals surface area contributed by atoms with Crippen LogP contribution in [0.15, 0.2) is 24.3 Å². The quantitative estimate of drug-likeness (QED) is 0.618. The highest BCUT2D eigenvalue weighted by Gasteiger charge is 2.24. The highest BCUT2D eigenvalue weighted by atomic mass is 16.6. The van der Waals surface area contributed by atoms with Crippen molar-refractivity contribution in [3.05, 3.63) is 29.8 Å². The molecule has 0 saturated heterocycles. The SMILES string of the molecule is CN(CC(O)c1ccc(OC(=O)C2CCCCC2)cc1)C(=O)OC(C)(C)C. The molecule has 1 amide bonds. The molecule has 150 valence electrons. The van der Waals surface area contributed by atoms with Crippen LogP contribution in [0.3, 0.4) is 0 Å². The van der Waals surface area contributed by atoms with Crippen molar-refractivity contribution in [1.82, 2.24) is 4.90 Å². The molecule has 1 atom stereocenters. The number of ether oxygens (including phenoxy) is 2. The second-order valence-corrected chi connectivity index (χ2v) is 8.20. The molecule has 6 nitrogen and oxygen atoms in total. The Balaban J connectivity index is 1.88. The van der Waals surface area contributed by atoms with Crippen LogP contribution >= 0.6 is 0 Å². The van der Waals surface area contributed by atoms with E-state index in [2.05, 4.69) is 0 Å². The number of hydrogen-bond donors (Lipinski definition) is 1. The fourth-order valence-electron chi connectivity index (χ4n) is 3.07. The first-order chi connectivity index (χ1) is 12.7. The van der Waals surface area contributed by atoms with Crippen LogP contribution in [0.5, 0.6) is 5.75 Å². The third-order valence-corrected chi connectivity index (χ3v) is 4.57. The van der Waals surface area contributed by atoms with Crippen molar-refractivity contribution in [2.75, 3.05) is 13.6 Å². The number of nitrogens with zero attached hydrogens (tertiary/aromatic N) is 1. The van der Waals surface area contributed by atoms with Crippen LogP contribution in [0.25, 0.3) is 0 Å². The lowest BCUT2D eigenvalue weighted by Gasteiger charge is -2.26. The van der Waals surface area contributed by atoms with E-state index < -0.39 is 17.8 Å². The zero-order valence-corrected chi connectivity index (χ0v) is 16.7. The summed E-state index contributed by atoms with van der Waals surface area (Å²) in [7, 11) is 1.58. The molecule has 0 heterocycles. The van der Waals surface area contributed by atoms with Gasteiger partial charge in [-0.05, 0) is 51.3 Å². The molecule has 0 aliphatic heterocycles. The van der Waals surface area contributed by atoms with E-state index in [4.69, 9.17) is 9.47 Å². The van der Waals surface area contributed by atoms with Gasteiger partial charge in [-0.1, -0.05) is 31.4 Å². The monoisotopic (exact) mass is 377 g/mol. The predicted molar refractivity (Wildman–Crippen MR) is 102 cm³/mol. The first-order valence-corrected chi connectivity index (χ1v) is 9.59.